The fraction of sp³-hybridized carbons (Fsp3) is 0.391. The van der Waals surface area contributed by atoms with Gasteiger partial charge in [0.2, 0.25) is 0 Å². The van der Waals surface area contributed by atoms with Gasteiger partial charge in [-0.1, -0.05) is 18.1 Å². The molecule has 10 nitrogen and oxygen atoms in total. The molecule has 1 fully saturated rings. The van der Waals surface area contributed by atoms with Gasteiger partial charge in [0.15, 0.2) is 11.5 Å². The zero-order valence-electron chi connectivity index (χ0n) is 18.8. The summed E-state index contributed by atoms with van der Waals surface area (Å²) in [4.78, 5) is 24.7. The predicted molar refractivity (Wildman–Crippen MR) is 124 cm³/mol. The quantitative estimate of drug-likeness (QED) is 0.483. The number of fused-ring (bicyclic) bond motifs is 1. The summed E-state index contributed by atoms with van der Waals surface area (Å²) >= 11 is 0. The minimum atomic E-state index is -0.350. The largest absolute Gasteiger partial charge is 0.493 e. The summed E-state index contributed by atoms with van der Waals surface area (Å²) in [5.41, 5.74) is 2.60. The van der Waals surface area contributed by atoms with Crippen molar-refractivity contribution in [2.75, 3.05) is 26.1 Å². The number of amides is 3. The number of hydrogen-bond acceptors (Lipinski definition) is 6. The lowest BCUT2D eigenvalue weighted by Crippen LogP contribution is -2.32. The number of urea groups is 1. The maximum absolute atomic E-state index is 12.5. The Labute approximate surface area is 191 Å². The van der Waals surface area contributed by atoms with Crippen molar-refractivity contribution in [2.24, 2.45) is 0 Å². The van der Waals surface area contributed by atoms with Gasteiger partial charge in [-0.2, -0.15) is 0 Å². The third-order valence-electron chi connectivity index (χ3n) is 5.72. The lowest BCUT2D eigenvalue weighted by atomic mass is 10.1. The highest BCUT2D eigenvalue weighted by atomic mass is 16.5. The molecule has 1 saturated carbocycles. The molecule has 1 aliphatic rings. The lowest BCUT2D eigenvalue weighted by molar-refractivity contribution is 0.0938. The summed E-state index contributed by atoms with van der Waals surface area (Å²) in [7, 11) is 3.09. The summed E-state index contributed by atoms with van der Waals surface area (Å²) < 4.78 is 12.1. The molecule has 10 heteroatoms. The van der Waals surface area contributed by atoms with Crippen LogP contribution in [0.4, 0.5) is 10.5 Å². The maximum Gasteiger partial charge on any atom is 0.319 e. The molecule has 0 atom stereocenters. The molecular weight excluding hydrogens is 424 g/mol. The van der Waals surface area contributed by atoms with Crippen molar-refractivity contribution in [1.29, 1.82) is 0 Å². The number of benzene rings is 2. The molecule has 0 unspecified atom stereocenters. The second-order valence-electron chi connectivity index (χ2n) is 7.92. The molecule has 0 aliphatic heterocycles. The first-order valence-corrected chi connectivity index (χ1v) is 11.0. The first-order chi connectivity index (χ1) is 16.1. The van der Waals surface area contributed by atoms with E-state index in [4.69, 9.17) is 9.47 Å². The number of carbonyl (C=O) groups excluding carboxylic acids is 2. The van der Waals surface area contributed by atoms with Crippen LogP contribution in [0.2, 0.25) is 0 Å². The molecule has 3 amide bonds. The van der Waals surface area contributed by atoms with Crippen molar-refractivity contribution in [1.82, 2.24) is 25.6 Å². The van der Waals surface area contributed by atoms with Crippen LogP contribution >= 0.6 is 0 Å². The van der Waals surface area contributed by atoms with E-state index in [9.17, 15) is 9.59 Å². The second kappa shape index (κ2) is 10.2. The van der Waals surface area contributed by atoms with E-state index in [1.54, 1.807) is 42.1 Å². The molecule has 4 rings (SSSR count). The Balaban J connectivity index is 1.31. The monoisotopic (exact) mass is 452 g/mol. The van der Waals surface area contributed by atoms with Crippen molar-refractivity contribution in [3.05, 3.63) is 42.0 Å². The molecule has 3 aromatic rings. The molecule has 33 heavy (non-hydrogen) atoms. The topological polar surface area (TPSA) is 119 Å². The fourth-order valence-corrected chi connectivity index (χ4v) is 3.98. The lowest BCUT2D eigenvalue weighted by Gasteiger charge is -2.12. The number of nitrogens with zero attached hydrogens (tertiary/aromatic N) is 3. The van der Waals surface area contributed by atoms with Crippen LogP contribution in [0, 0.1) is 0 Å². The van der Waals surface area contributed by atoms with Crippen LogP contribution in [-0.2, 0) is 6.54 Å². The molecule has 1 heterocycles. The van der Waals surface area contributed by atoms with E-state index in [2.05, 4.69) is 26.3 Å². The molecule has 1 aliphatic carbocycles. The molecule has 0 saturated heterocycles. The fourth-order valence-electron chi connectivity index (χ4n) is 3.98. The van der Waals surface area contributed by atoms with E-state index in [-0.39, 0.29) is 18.0 Å². The van der Waals surface area contributed by atoms with Gasteiger partial charge in [-0.25, -0.2) is 9.48 Å². The number of methoxy groups -OCH3 is 2. The van der Waals surface area contributed by atoms with Crippen molar-refractivity contribution in [3.8, 4) is 11.5 Å². The van der Waals surface area contributed by atoms with Gasteiger partial charge in [-0.15, -0.1) is 5.10 Å². The zero-order valence-corrected chi connectivity index (χ0v) is 18.8. The second-order valence-corrected chi connectivity index (χ2v) is 7.92. The normalized spacial score (nSPS) is 13.6. The Morgan fingerprint density at radius 3 is 2.61 bits per heavy atom. The van der Waals surface area contributed by atoms with Crippen LogP contribution in [0.3, 0.4) is 0 Å². The van der Waals surface area contributed by atoms with E-state index in [1.807, 2.05) is 6.07 Å². The van der Waals surface area contributed by atoms with Crippen LogP contribution in [0.1, 0.15) is 36.0 Å². The molecule has 0 bridgehead atoms. The van der Waals surface area contributed by atoms with Gasteiger partial charge in [0, 0.05) is 29.9 Å². The number of carbonyl (C=O) groups is 2. The van der Waals surface area contributed by atoms with Crippen LogP contribution in [-0.4, -0.2) is 53.7 Å². The summed E-state index contributed by atoms with van der Waals surface area (Å²) in [5.74, 6) is 1.04. The number of aromatic nitrogens is 3. The number of ether oxygens (including phenoxy) is 2. The van der Waals surface area contributed by atoms with Gasteiger partial charge in [0.1, 0.15) is 5.52 Å². The Kier molecular flexibility index (Phi) is 6.92. The minimum absolute atomic E-state index is 0.0770. The van der Waals surface area contributed by atoms with Crippen LogP contribution in [0.5, 0.6) is 11.5 Å². The van der Waals surface area contributed by atoms with Crippen molar-refractivity contribution >= 4 is 28.7 Å². The van der Waals surface area contributed by atoms with E-state index >= 15 is 0 Å². The number of nitrogens with one attached hydrogen (secondary N) is 3. The Bertz CT molecular complexity index is 1140. The Morgan fingerprint density at radius 1 is 1.06 bits per heavy atom. The van der Waals surface area contributed by atoms with Crippen molar-refractivity contribution in [2.45, 2.75) is 38.3 Å². The van der Waals surface area contributed by atoms with Crippen LogP contribution in [0.15, 0.2) is 36.4 Å². The molecule has 2 aromatic carbocycles. The van der Waals surface area contributed by atoms with Crippen molar-refractivity contribution in [3.63, 3.8) is 0 Å². The standard InChI is InChI=1S/C23H28N6O4/c1-32-20-10-8-17(14-21(20)33-2)26-23(31)24-11-12-29-19-9-7-15(13-18(19)27-28-29)22(30)25-16-5-3-4-6-16/h7-10,13-14,16H,3-6,11-12H2,1-2H3,(H,25,30)(H2,24,26,31). The van der Waals surface area contributed by atoms with E-state index in [0.29, 0.717) is 41.4 Å². The van der Waals surface area contributed by atoms with Gasteiger partial charge in [-0.3, -0.25) is 4.79 Å². The maximum atomic E-state index is 12.5. The Hall–Kier alpha value is -3.82. The van der Waals surface area contributed by atoms with Crippen LogP contribution in [0.25, 0.3) is 11.0 Å². The van der Waals surface area contributed by atoms with Crippen LogP contribution < -0.4 is 25.4 Å². The minimum Gasteiger partial charge on any atom is -0.493 e. The molecule has 0 spiro atoms. The first-order valence-electron chi connectivity index (χ1n) is 11.0. The number of rotatable bonds is 8. The summed E-state index contributed by atoms with van der Waals surface area (Å²) in [5, 5.41) is 17.0. The van der Waals surface area contributed by atoms with E-state index in [1.165, 1.54) is 20.0 Å². The third-order valence-corrected chi connectivity index (χ3v) is 5.72. The summed E-state index contributed by atoms with van der Waals surface area (Å²) in [6, 6.07) is 10.4. The predicted octanol–water partition coefficient (Wildman–Crippen LogP) is 2.94. The highest BCUT2D eigenvalue weighted by Crippen LogP contribution is 2.29. The molecular formula is C23H28N6O4. The third kappa shape index (κ3) is 5.33. The average Bonchev–Trinajstić information content (AvgIpc) is 3.48. The van der Waals surface area contributed by atoms with Crippen molar-refractivity contribution < 1.29 is 19.1 Å². The summed E-state index contributed by atoms with van der Waals surface area (Å²) in [6.07, 6.45) is 4.41. The molecule has 174 valence electrons. The number of hydrogen-bond donors (Lipinski definition) is 3. The molecule has 3 N–H and O–H groups in total. The Morgan fingerprint density at radius 2 is 1.85 bits per heavy atom. The van der Waals surface area contributed by atoms with Gasteiger partial charge < -0.3 is 25.4 Å². The SMILES string of the molecule is COc1ccc(NC(=O)NCCn2nnc3cc(C(=O)NC4CCCC4)ccc32)cc1OC. The highest BCUT2D eigenvalue weighted by Gasteiger charge is 2.18. The van der Waals surface area contributed by atoms with Gasteiger partial charge in [0.25, 0.3) is 5.91 Å². The van der Waals surface area contributed by atoms with E-state index in [0.717, 1.165) is 18.4 Å². The first kappa shape index (κ1) is 22.4. The average molecular weight is 453 g/mol. The summed E-state index contributed by atoms with van der Waals surface area (Å²) in [6.45, 7) is 0.783. The van der Waals surface area contributed by atoms with E-state index < -0.39 is 0 Å². The molecule has 1 aromatic heterocycles. The molecule has 0 radical (unpaired) electrons. The van der Waals surface area contributed by atoms with Gasteiger partial charge in [-0.05, 0) is 43.2 Å². The zero-order chi connectivity index (χ0) is 23.2. The van der Waals surface area contributed by atoms with Gasteiger partial charge in [0.05, 0.1) is 26.3 Å². The smallest absolute Gasteiger partial charge is 0.319 e. The van der Waals surface area contributed by atoms with Gasteiger partial charge >= 0.3 is 6.03 Å². The highest BCUT2D eigenvalue weighted by molar-refractivity contribution is 5.97. The number of anilines is 1.